The fraction of sp³-hybridized carbons (Fsp3) is 0.105. The number of nitrogens with zero attached hydrogens (tertiary/aromatic N) is 3. The zero-order chi connectivity index (χ0) is 18.6. The molecule has 0 radical (unpaired) electrons. The second-order valence-electron chi connectivity index (χ2n) is 5.69. The predicted molar refractivity (Wildman–Crippen MR) is 110 cm³/mol. The SMILES string of the molecule is C=CCN=c1scc(-c2ccc3c(c2)NC(=O)CO3)n1N=Cc1ccsc1. The zero-order valence-electron chi connectivity index (χ0n) is 14.3. The Morgan fingerprint density at radius 1 is 1.33 bits per heavy atom. The van der Waals surface area contributed by atoms with Gasteiger partial charge in [0.15, 0.2) is 6.61 Å². The standard InChI is InChI=1S/C19H16N4O2S2/c1-2-6-20-19-23(21-9-13-5-7-26-11-13)16(12-27-19)14-3-4-17-15(8-14)22-18(24)10-25-17/h2-5,7-9,11-12H,1,6,10H2,(H,22,24). The maximum absolute atomic E-state index is 11.6. The van der Waals surface area contributed by atoms with Crippen molar-refractivity contribution in [2.75, 3.05) is 18.5 Å². The third-order valence-electron chi connectivity index (χ3n) is 3.81. The molecule has 1 aliphatic rings. The van der Waals surface area contributed by atoms with E-state index in [-0.39, 0.29) is 12.5 Å². The summed E-state index contributed by atoms with van der Waals surface area (Å²) in [7, 11) is 0. The average Bonchev–Trinajstić information content (AvgIpc) is 3.33. The van der Waals surface area contributed by atoms with Crippen LogP contribution in [0.25, 0.3) is 11.3 Å². The Morgan fingerprint density at radius 3 is 3.07 bits per heavy atom. The maximum atomic E-state index is 11.6. The number of nitrogens with one attached hydrogen (secondary N) is 1. The largest absolute Gasteiger partial charge is 0.482 e. The first-order chi connectivity index (χ1) is 13.2. The number of carbonyl (C=O) groups is 1. The molecule has 0 spiro atoms. The van der Waals surface area contributed by atoms with Crippen LogP contribution >= 0.6 is 22.7 Å². The lowest BCUT2D eigenvalue weighted by Gasteiger charge is -2.18. The van der Waals surface area contributed by atoms with E-state index in [2.05, 4.69) is 22.0 Å². The summed E-state index contributed by atoms with van der Waals surface area (Å²) in [5.74, 6) is 0.508. The van der Waals surface area contributed by atoms with Gasteiger partial charge in [-0.05, 0) is 35.0 Å². The van der Waals surface area contributed by atoms with Crippen molar-refractivity contribution in [3.8, 4) is 17.0 Å². The summed E-state index contributed by atoms with van der Waals surface area (Å²) < 4.78 is 7.24. The van der Waals surface area contributed by atoms with Gasteiger partial charge in [-0.2, -0.15) is 16.4 Å². The Labute approximate surface area is 163 Å². The van der Waals surface area contributed by atoms with Crippen LogP contribution in [0.3, 0.4) is 0 Å². The van der Waals surface area contributed by atoms with Crippen molar-refractivity contribution in [2.24, 2.45) is 10.1 Å². The number of thiophene rings is 1. The molecule has 0 unspecified atom stereocenters. The third kappa shape index (κ3) is 3.76. The quantitative estimate of drug-likeness (QED) is 0.529. The van der Waals surface area contributed by atoms with Gasteiger partial charge in [-0.15, -0.1) is 17.9 Å². The van der Waals surface area contributed by atoms with Gasteiger partial charge in [0.25, 0.3) is 5.91 Å². The first-order valence-electron chi connectivity index (χ1n) is 8.20. The van der Waals surface area contributed by atoms with Crippen LogP contribution < -0.4 is 14.9 Å². The van der Waals surface area contributed by atoms with Crippen LogP contribution in [0.1, 0.15) is 5.56 Å². The molecule has 3 aromatic rings. The van der Waals surface area contributed by atoms with Crippen LogP contribution in [-0.4, -0.2) is 29.9 Å². The van der Waals surface area contributed by atoms with Crippen LogP contribution in [-0.2, 0) is 4.79 Å². The van der Waals surface area contributed by atoms with Crippen molar-refractivity contribution in [2.45, 2.75) is 0 Å². The zero-order valence-corrected chi connectivity index (χ0v) is 15.9. The van der Waals surface area contributed by atoms with Gasteiger partial charge in [0.1, 0.15) is 5.75 Å². The fourth-order valence-corrected chi connectivity index (χ4v) is 4.03. The number of benzene rings is 1. The van der Waals surface area contributed by atoms with Crippen LogP contribution in [0.4, 0.5) is 5.69 Å². The Morgan fingerprint density at radius 2 is 2.26 bits per heavy atom. The van der Waals surface area contributed by atoms with Crippen molar-refractivity contribution < 1.29 is 9.53 Å². The first kappa shape index (κ1) is 17.4. The van der Waals surface area contributed by atoms with Gasteiger partial charge < -0.3 is 10.1 Å². The van der Waals surface area contributed by atoms with E-state index in [0.717, 1.165) is 21.6 Å². The number of amides is 1. The summed E-state index contributed by atoms with van der Waals surface area (Å²) in [4.78, 5) is 16.9. The molecule has 4 rings (SSSR count). The van der Waals surface area contributed by atoms with Crippen LogP contribution in [0.15, 0.2) is 63.2 Å². The maximum Gasteiger partial charge on any atom is 0.262 e. The number of hydrogen-bond donors (Lipinski definition) is 1. The molecule has 2 aromatic heterocycles. The monoisotopic (exact) mass is 396 g/mol. The normalized spacial score (nSPS) is 14.1. The summed E-state index contributed by atoms with van der Waals surface area (Å²) in [5.41, 5.74) is 3.49. The van der Waals surface area contributed by atoms with E-state index in [0.29, 0.717) is 18.0 Å². The second-order valence-corrected chi connectivity index (χ2v) is 7.31. The minimum atomic E-state index is -0.157. The molecular weight excluding hydrogens is 380 g/mol. The van der Waals surface area contributed by atoms with E-state index in [1.165, 1.54) is 11.3 Å². The minimum Gasteiger partial charge on any atom is -0.482 e. The van der Waals surface area contributed by atoms with Gasteiger partial charge in [-0.3, -0.25) is 9.79 Å². The number of hydrogen-bond acceptors (Lipinski definition) is 6. The van der Waals surface area contributed by atoms with Crippen molar-refractivity contribution in [1.29, 1.82) is 0 Å². The van der Waals surface area contributed by atoms with Gasteiger partial charge >= 0.3 is 0 Å². The Bertz CT molecular complexity index is 1080. The number of rotatable bonds is 5. The molecule has 0 fully saturated rings. The summed E-state index contributed by atoms with van der Waals surface area (Å²) in [6.45, 7) is 4.28. The van der Waals surface area contributed by atoms with E-state index in [4.69, 9.17) is 4.74 Å². The lowest BCUT2D eigenvalue weighted by molar-refractivity contribution is -0.118. The minimum absolute atomic E-state index is 0.0420. The highest BCUT2D eigenvalue weighted by atomic mass is 32.1. The van der Waals surface area contributed by atoms with Crippen molar-refractivity contribution >= 4 is 40.5 Å². The average molecular weight is 396 g/mol. The molecule has 3 heterocycles. The van der Waals surface area contributed by atoms with Crippen molar-refractivity contribution in [1.82, 2.24) is 4.68 Å². The summed E-state index contributed by atoms with van der Waals surface area (Å²) in [5, 5.41) is 13.5. The molecule has 27 heavy (non-hydrogen) atoms. The van der Waals surface area contributed by atoms with Gasteiger partial charge in [0.2, 0.25) is 4.80 Å². The number of thiazole rings is 1. The Kier molecular flexibility index (Phi) is 4.99. The molecule has 1 aromatic carbocycles. The van der Waals surface area contributed by atoms with Gasteiger partial charge in [-0.1, -0.05) is 6.08 Å². The van der Waals surface area contributed by atoms with Gasteiger partial charge in [0.05, 0.1) is 24.1 Å². The first-order valence-corrected chi connectivity index (χ1v) is 10.0. The van der Waals surface area contributed by atoms with E-state index in [1.807, 2.05) is 46.6 Å². The fourth-order valence-electron chi connectivity index (χ4n) is 2.58. The number of anilines is 1. The Hall–Kier alpha value is -2.97. The molecule has 8 heteroatoms. The van der Waals surface area contributed by atoms with E-state index >= 15 is 0 Å². The molecule has 0 bridgehead atoms. The summed E-state index contributed by atoms with van der Waals surface area (Å²) in [6.07, 6.45) is 3.56. The van der Waals surface area contributed by atoms with Crippen LogP contribution in [0.2, 0.25) is 0 Å². The molecule has 136 valence electrons. The van der Waals surface area contributed by atoms with Gasteiger partial charge in [-0.25, -0.2) is 4.68 Å². The molecule has 0 saturated carbocycles. The second kappa shape index (κ2) is 7.73. The lowest BCUT2D eigenvalue weighted by atomic mass is 10.1. The summed E-state index contributed by atoms with van der Waals surface area (Å²) >= 11 is 3.13. The molecule has 0 aliphatic carbocycles. The lowest BCUT2D eigenvalue weighted by Crippen LogP contribution is -2.25. The number of aromatic nitrogens is 1. The Balaban J connectivity index is 1.78. The van der Waals surface area contributed by atoms with Crippen LogP contribution in [0, 0.1) is 0 Å². The smallest absolute Gasteiger partial charge is 0.262 e. The predicted octanol–water partition coefficient (Wildman–Crippen LogP) is 3.58. The molecule has 1 N–H and O–H groups in total. The summed E-state index contributed by atoms with van der Waals surface area (Å²) in [6, 6.07) is 7.71. The van der Waals surface area contributed by atoms with Gasteiger partial charge in [0, 0.05) is 16.5 Å². The van der Waals surface area contributed by atoms with Crippen LogP contribution in [0.5, 0.6) is 5.75 Å². The van der Waals surface area contributed by atoms with E-state index < -0.39 is 0 Å². The highest BCUT2D eigenvalue weighted by molar-refractivity contribution is 7.08. The van der Waals surface area contributed by atoms with Crippen molar-refractivity contribution in [3.05, 3.63) is 63.4 Å². The molecule has 0 saturated heterocycles. The number of fused-ring (bicyclic) bond motifs is 1. The van der Waals surface area contributed by atoms with Crippen molar-refractivity contribution in [3.63, 3.8) is 0 Å². The molecule has 6 nitrogen and oxygen atoms in total. The number of ether oxygens (including phenoxy) is 1. The topological polar surface area (TPSA) is 68.0 Å². The highest BCUT2D eigenvalue weighted by Gasteiger charge is 2.17. The van der Waals surface area contributed by atoms with E-state index in [9.17, 15) is 4.79 Å². The molecule has 0 atom stereocenters. The third-order valence-corrected chi connectivity index (χ3v) is 5.37. The highest BCUT2D eigenvalue weighted by Crippen LogP contribution is 2.32. The molecular formula is C19H16N4O2S2. The van der Waals surface area contributed by atoms with E-state index in [1.54, 1.807) is 22.1 Å². The molecule has 1 amide bonds. The molecule has 1 aliphatic heterocycles. The number of carbonyl (C=O) groups excluding carboxylic acids is 1.